The van der Waals surface area contributed by atoms with Crippen LogP contribution >= 0.6 is 0 Å². The maximum atomic E-state index is 12.7. The van der Waals surface area contributed by atoms with Crippen LogP contribution in [0.25, 0.3) is 0 Å². The van der Waals surface area contributed by atoms with Gasteiger partial charge in [-0.15, -0.1) is 0 Å². The molecule has 0 aliphatic carbocycles. The SMILES string of the molecule is Cc1cccc(CC(=O)C2CC3COCC(C2)N3C)c1C. The molecule has 0 radical (unpaired) electrons. The first-order valence-electron chi connectivity index (χ1n) is 7.93. The molecule has 0 saturated carbocycles. The number of carbonyl (C=O) groups is 1. The van der Waals surface area contributed by atoms with Gasteiger partial charge < -0.3 is 4.74 Å². The van der Waals surface area contributed by atoms with Gasteiger partial charge in [-0.1, -0.05) is 18.2 Å². The van der Waals surface area contributed by atoms with Crippen LogP contribution in [0.2, 0.25) is 0 Å². The Morgan fingerprint density at radius 2 is 1.90 bits per heavy atom. The molecule has 3 rings (SSSR count). The monoisotopic (exact) mass is 287 g/mol. The van der Waals surface area contributed by atoms with Gasteiger partial charge in [-0.2, -0.15) is 0 Å². The summed E-state index contributed by atoms with van der Waals surface area (Å²) in [5, 5.41) is 0. The minimum absolute atomic E-state index is 0.208. The molecule has 3 heteroatoms. The first kappa shape index (κ1) is 14.7. The van der Waals surface area contributed by atoms with Gasteiger partial charge >= 0.3 is 0 Å². The highest BCUT2D eigenvalue weighted by Crippen LogP contribution is 2.31. The molecule has 0 aromatic heterocycles. The summed E-state index contributed by atoms with van der Waals surface area (Å²) in [6.45, 7) is 5.79. The Labute approximate surface area is 127 Å². The number of fused-ring (bicyclic) bond motifs is 2. The quantitative estimate of drug-likeness (QED) is 0.855. The molecule has 0 N–H and O–H groups in total. The van der Waals surface area contributed by atoms with Crippen LogP contribution < -0.4 is 0 Å². The van der Waals surface area contributed by atoms with E-state index in [2.05, 4.69) is 44.0 Å². The summed E-state index contributed by atoms with van der Waals surface area (Å²) in [4.78, 5) is 15.1. The van der Waals surface area contributed by atoms with Crippen molar-refractivity contribution in [2.75, 3.05) is 20.3 Å². The van der Waals surface area contributed by atoms with Gasteiger partial charge in [0.1, 0.15) is 5.78 Å². The van der Waals surface area contributed by atoms with Crippen LogP contribution in [-0.4, -0.2) is 43.0 Å². The van der Waals surface area contributed by atoms with Crippen molar-refractivity contribution < 1.29 is 9.53 Å². The van der Waals surface area contributed by atoms with Gasteiger partial charge in [-0.3, -0.25) is 9.69 Å². The van der Waals surface area contributed by atoms with E-state index in [-0.39, 0.29) is 5.92 Å². The molecule has 2 aliphatic rings. The van der Waals surface area contributed by atoms with Crippen molar-refractivity contribution >= 4 is 5.78 Å². The van der Waals surface area contributed by atoms with Crippen LogP contribution in [0.1, 0.15) is 29.5 Å². The van der Waals surface area contributed by atoms with Crippen LogP contribution in [0.5, 0.6) is 0 Å². The highest BCUT2D eigenvalue weighted by atomic mass is 16.5. The third kappa shape index (κ3) is 2.90. The zero-order chi connectivity index (χ0) is 15.0. The Kier molecular flexibility index (Phi) is 4.14. The molecule has 2 heterocycles. The fourth-order valence-corrected chi connectivity index (χ4v) is 3.69. The molecule has 2 saturated heterocycles. The number of Topliss-reactive ketones (excluding diaryl/α,β-unsaturated/α-hetero) is 1. The summed E-state index contributed by atoms with van der Waals surface area (Å²) < 4.78 is 5.64. The van der Waals surface area contributed by atoms with Gasteiger partial charge in [0.15, 0.2) is 0 Å². The summed E-state index contributed by atoms with van der Waals surface area (Å²) in [7, 11) is 2.17. The van der Waals surface area contributed by atoms with Crippen LogP contribution in [0.15, 0.2) is 18.2 Å². The molecule has 2 fully saturated rings. The van der Waals surface area contributed by atoms with E-state index in [1.165, 1.54) is 16.7 Å². The van der Waals surface area contributed by atoms with Gasteiger partial charge in [-0.05, 0) is 50.4 Å². The van der Waals surface area contributed by atoms with E-state index in [0.717, 1.165) is 26.1 Å². The number of nitrogens with zero attached hydrogens (tertiary/aromatic N) is 1. The lowest BCUT2D eigenvalue weighted by Crippen LogP contribution is -2.56. The largest absolute Gasteiger partial charge is 0.378 e. The van der Waals surface area contributed by atoms with Gasteiger partial charge in [0.2, 0.25) is 0 Å². The first-order chi connectivity index (χ1) is 10.1. The fourth-order valence-electron chi connectivity index (χ4n) is 3.69. The topological polar surface area (TPSA) is 29.5 Å². The van der Waals surface area contributed by atoms with Crippen LogP contribution in [0, 0.1) is 19.8 Å². The van der Waals surface area contributed by atoms with E-state index >= 15 is 0 Å². The number of hydrogen-bond acceptors (Lipinski definition) is 3. The van der Waals surface area contributed by atoms with Crippen LogP contribution in [0.3, 0.4) is 0 Å². The molecule has 1 aromatic rings. The molecular formula is C18H25NO2. The summed E-state index contributed by atoms with van der Waals surface area (Å²) in [6.07, 6.45) is 2.50. The van der Waals surface area contributed by atoms with Gasteiger partial charge in [-0.25, -0.2) is 0 Å². The van der Waals surface area contributed by atoms with Crippen molar-refractivity contribution in [3.05, 3.63) is 34.9 Å². The molecule has 2 aliphatic heterocycles. The number of rotatable bonds is 3. The average molecular weight is 287 g/mol. The summed E-state index contributed by atoms with van der Waals surface area (Å²) in [5.74, 6) is 0.619. The minimum Gasteiger partial charge on any atom is -0.378 e. The smallest absolute Gasteiger partial charge is 0.140 e. The average Bonchev–Trinajstić information content (AvgIpc) is 2.43. The van der Waals surface area contributed by atoms with E-state index < -0.39 is 0 Å². The number of piperidine rings is 1. The standard InChI is InChI=1S/C18H25NO2/c1-12-5-4-6-14(13(12)2)9-18(20)15-7-16-10-21-11-17(8-15)19(16)3/h4-6,15-17H,7-11H2,1-3H3. The molecule has 1 aromatic carbocycles. The maximum Gasteiger partial charge on any atom is 0.140 e. The Hall–Kier alpha value is -1.19. The number of ketones is 1. The molecule has 2 bridgehead atoms. The Bertz CT molecular complexity index is 526. The summed E-state index contributed by atoms with van der Waals surface area (Å²) >= 11 is 0. The van der Waals surface area contributed by atoms with Crippen molar-refractivity contribution in [3.8, 4) is 0 Å². The van der Waals surface area contributed by atoms with E-state index in [9.17, 15) is 4.79 Å². The van der Waals surface area contributed by atoms with E-state index in [4.69, 9.17) is 4.74 Å². The lowest BCUT2D eigenvalue weighted by Gasteiger charge is -2.46. The van der Waals surface area contributed by atoms with Crippen molar-refractivity contribution in [3.63, 3.8) is 0 Å². The number of morpholine rings is 1. The second-order valence-corrected chi connectivity index (χ2v) is 6.68. The van der Waals surface area contributed by atoms with Crippen molar-refractivity contribution in [2.45, 2.75) is 45.2 Å². The lowest BCUT2D eigenvalue weighted by molar-refractivity contribution is -0.130. The molecule has 21 heavy (non-hydrogen) atoms. The zero-order valence-electron chi connectivity index (χ0n) is 13.3. The third-order valence-electron chi connectivity index (χ3n) is 5.42. The predicted molar refractivity (Wildman–Crippen MR) is 83.5 cm³/mol. The number of aryl methyl sites for hydroxylation is 1. The number of hydrogen-bond donors (Lipinski definition) is 0. The molecule has 114 valence electrons. The van der Waals surface area contributed by atoms with Gasteiger partial charge in [0, 0.05) is 24.4 Å². The van der Waals surface area contributed by atoms with Gasteiger partial charge in [0.05, 0.1) is 13.2 Å². The van der Waals surface area contributed by atoms with Crippen molar-refractivity contribution in [1.82, 2.24) is 4.90 Å². The lowest BCUT2D eigenvalue weighted by atomic mass is 9.81. The highest BCUT2D eigenvalue weighted by Gasteiger charge is 2.39. The normalized spacial score (nSPS) is 29.4. The molecule has 2 atom stereocenters. The Morgan fingerprint density at radius 1 is 1.24 bits per heavy atom. The predicted octanol–water partition coefficient (Wildman–Crippen LogP) is 2.52. The molecule has 0 spiro atoms. The van der Waals surface area contributed by atoms with Crippen molar-refractivity contribution in [2.24, 2.45) is 5.92 Å². The maximum absolute atomic E-state index is 12.7. The first-order valence-corrected chi connectivity index (χ1v) is 7.93. The van der Waals surface area contributed by atoms with Crippen LogP contribution in [-0.2, 0) is 16.0 Å². The highest BCUT2D eigenvalue weighted by molar-refractivity contribution is 5.83. The summed E-state index contributed by atoms with van der Waals surface area (Å²) in [6, 6.07) is 7.11. The van der Waals surface area contributed by atoms with E-state index in [0.29, 0.717) is 24.3 Å². The number of likely N-dealkylation sites (N-methyl/N-ethyl adjacent to an activating group) is 1. The number of carbonyl (C=O) groups excluding carboxylic acids is 1. The minimum atomic E-state index is 0.208. The molecule has 0 amide bonds. The molecule has 2 unspecified atom stereocenters. The van der Waals surface area contributed by atoms with E-state index in [1.807, 2.05) is 0 Å². The summed E-state index contributed by atoms with van der Waals surface area (Å²) in [5.41, 5.74) is 3.73. The second-order valence-electron chi connectivity index (χ2n) is 6.68. The fraction of sp³-hybridized carbons (Fsp3) is 0.611. The molecular weight excluding hydrogens is 262 g/mol. The van der Waals surface area contributed by atoms with Crippen molar-refractivity contribution in [1.29, 1.82) is 0 Å². The third-order valence-corrected chi connectivity index (χ3v) is 5.42. The Morgan fingerprint density at radius 3 is 2.57 bits per heavy atom. The van der Waals surface area contributed by atoms with Gasteiger partial charge in [0.25, 0.3) is 0 Å². The van der Waals surface area contributed by atoms with E-state index in [1.54, 1.807) is 0 Å². The van der Waals surface area contributed by atoms with Crippen LogP contribution in [0.4, 0.5) is 0 Å². The second kappa shape index (κ2) is 5.90. The Balaban J connectivity index is 1.70. The molecule has 3 nitrogen and oxygen atoms in total. The number of benzene rings is 1. The number of ether oxygens (including phenoxy) is 1. The zero-order valence-corrected chi connectivity index (χ0v) is 13.3.